The highest BCUT2D eigenvalue weighted by molar-refractivity contribution is 4.88. The van der Waals surface area contributed by atoms with Crippen LogP contribution in [0.4, 0.5) is 0 Å². The van der Waals surface area contributed by atoms with E-state index < -0.39 is 0 Å². The normalized spacial score (nSPS) is 33.0. The van der Waals surface area contributed by atoms with Crippen molar-refractivity contribution in [3.63, 3.8) is 0 Å². The third-order valence-electron chi connectivity index (χ3n) is 2.98. The molecule has 0 N–H and O–H groups in total. The first-order valence-electron chi connectivity index (χ1n) is 6.20. The molecule has 2 aliphatic rings. The Kier molecular flexibility index (Phi) is 4.60. The molecule has 2 saturated heterocycles. The zero-order valence-corrected chi connectivity index (χ0v) is 11.0. The fourth-order valence-electron chi connectivity index (χ4n) is 1.65. The van der Waals surface area contributed by atoms with Crippen molar-refractivity contribution in [3.8, 4) is 0 Å². The monoisotopic (exact) mass is 214 g/mol. The van der Waals surface area contributed by atoms with Crippen LogP contribution in [0.3, 0.4) is 0 Å². The van der Waals surface area contributed by atoms with Crippen molar-refractivity contribution >= 4 is 0 Å². The first kappa shape index (κ1) is 13.0. The Labute approximate surface area is 94.3 Å². The van der Waals surface area contributed by atoms with Gasteiger partial charge in [0.1, 0.15) is 0 Å². The minimum absolute atomic E-state index is 0.560. The average Bonchev–Trinajstić information content (AvgIpc) is 3.00. The highest BCUT2D eigenvalue weighted by Gasteiger charge is 2.42. The van der Waals surface area contributed by atoms with E-state index in [0.717, 1.165) is 12.5 Å². The van der Waals surface area contributed by atoms with Crippen molar-refractivity contribution in [3.05, 3.63) is 0 Å². The van der Waals surface area contributed by atoms with E-state index in [-0.39, 0.29) is 0 Å². The van der Waals surface area contributed by atoms with Gasteiger partial charge in [-0.2, -0.15) is 0 Å². The molecule has 3 unspecified atom stereocenters. The molecule has 2 aliphatic heterocycles. The van der Waals surface area contributed by atoms with Crippen LogP contribution in [0.1, 0.15) is 41.5 Å². The Morgan fingerprint density at radius 2 is 1.20 bits per heavy atom. The molecule has 2 nitrogen and oxygen atoms in total. The molecule has 0 bridgehead atoms. The SMILES string of the molecule is CC(C)C1CO1.CC(C)C1OC1C(C)C. The number of hydrogen-bond donors (Lipinski definition) is 0. The van der Waals surface area contributed by atoms with Gasteiger partial charge >= 0.3 is 0 Å². The van der Waals surface area contributed by atoms with E-state index in [4.69, 9.17) is 9.47 Å². The maximum atomic E-state index is 5.44. The van der Waals surface area contributed by atoms with Crippen LogP contribution in [0, 0.1) is 17.8 Å². The van der Waals surface area contributed by atoms with Crippen LogP contribution in [0.2, 0.25) is 0 Å². The molecule has 2 fully saturated rings. The smallest absolute Gasteiger partial charge is 0.0867 e. The van der Waals surface area contributed by atoms with E-state index in [2.05, 4.69) is 41.5 Å². The molecule has 0 amide bonds. The van der Waals surface area contributed by atoms with Crippen molar-refractivity contribution in [2.24, 2.45) is 17.8 Å². The van der Waals surface area contributed by atoms with Crippen LogP contribution in [0.5, 0.6) is 0 Å². The predicted molar refractivity (Wildman–Crippen MR) is 62.9 cm³/mol. The largest absolute Gasteiger partial charge is 0.373 e. The zero-order chi connectivity index (χ0) is 11.6. The molecule has 90 valence electrons. The van der Waals surface area contributed by atoms with Crippen LogP contribution < -0.4 is 0 Å². The van der Waals surface area contributed by atoms with E-state index in [9.17, 15) is 0 Å². The van der Waals surface area contributed by atoms with Crippen molar-refractivity contribution < 1.29 is 9.47 Å². The van der Waals surface area contributed by atoms with Gasteiger partial charge in [-0.05, 0) is 17.8 Å². The summed E-state index contributed by atoms with van der Waals surface area (Å²) in [5, 5.41) is 0. The quantitative estimate of drug-likeness (QED) is 0.674. The third-order valence-corrected chi connectivity index (χ3v) is 2.98. The Hall–Kier alpha value is -0.0800. The Morgan fingerprint density at radius 1 is 0.800 bits per heavy atom. The van der Waals surface area contributed by atoms with Crippen LogP contribution in [-0.2, 0) is 9.47 Å². The molecule has 0 aromatic carbocycles. The second-order valence-corrected chi connectivity index (χ2v) is 5.67. The summed E-state index contributed by atoms with van der Waals surface area (Å²) in [6.07, 6.45) is 1.72. The van der Waals surface area contributed by atoms with Gasteiger partial charge in [0.25, 0.3) is 0 Å². The summed E-state index contributed by atoms with van der Waals surface area (Å²) >= 11 is 0. The molecular weight excluding hydrogens is 188 g/mol. The lowest BCUT2D eigenvalue weighted by Crippen LogP contribution is -2.07. The molecule has 0 saturated carbocycles. The Morgan fingerprint density at radius 3 is 1.27 bits per heavy atom. The topological polar surface area (TPSA) is 25.1 Å². The van der Waals surface area contributed by atoms with Gasteiger partial charge in [0.2, 0.25) is 0 Å². The van der Waals surface area contributed by atoms with Gasteiger partial charge < -0.3 is 9.47 Å². The minimum atomic E-state index is 0.560. The van der Waals surface area contributed by atoms with E-state index in [1.54, 1.807) is 0 Å². The van der Waals surface area contributed by atoms with E-state index in [1.807, 2.05) is 0 Å². The van der Waals surface area contributed by atoms with Crippen molar-refractivity contribution in [1.82, 2.24) is 0 Å². The summed E-state index contributed by atoms with van der Waals surface area (Å²) in [5.41, 5.74) is 0. The number of epoxide rings is 2. The lowest BCUT2D eigenvalue weighted by Gasteiger charge is -1.99. The molecule has 2 heterocycles. The predicted octanol–water partition coefficient (Wildman–Crippen LogP) is 3.11. The minimum Gasteiger partial charge on any atom is -0.373 e. The van der Waals surface area contributed by atoms with Crippen LogP contribution >= 0.6 is 0 Å². The summed E-state index contributed by atoms with van der Waals surface area (Å²) in [6, 6.07) is 0. The standard InChI is InChI=1S/C8H16O.C5H10O/c1-5(2)7-8(9-7)6(3)4;1-4(2)5-3-6-5/h5-8H,1-4H3;4-5H,3H2,1-2H3. The fraction of sp³-hybridized carbons (Fsp3) is 1.00. The molecular formula is C13H26O2. The highest BCUT2D eigenvalue weighted by atomic mass is 16.6. The van der Waals surface area contributed by atoms with Gasteiger partial charge in [0.05, 0.1) is 24.9 Å². The molecule has 0 aromatic heterocycles. The summed E-state index contributed by atoms with van der Waals surface area (Å²) in [6.45, 7) is 14.2. The molecule has 2 rings (SSSR count). The van der Waals surface area contributed by atoms with Crippen LogP contribution in [0.25, 0.3) is 0 Å². The number of ether oxygens (including phenoxy) is 2. The van der Waals surface area contributed by atoms with Gasteiger partial charge in [-0.3, -0.25) is 0 Å². The summed E-state index contributed by atoms with van der Waals surface area (Å²) < 4.78 is 10.4. The van der Waals surface area contributed by atoms with Crippen molar-refractivity contribution in [1.29, 1.82) is 0 Å². The lowest BCUT2D eigenvalue weighted by molar-refractivity contribution is 0.313. The Bertz CT molecular complexity index is 171. The fourth-order valence-corrected chi connectivity index (χ4v) is 1.65. The van der Waals surface area contributed by atoms with Gasteiger partial charge in [-0.25, -0.2) is 0 Å². The van der Waals surface area contributed by atoms with Crippen molar-refractivity contribution in [2.75, 3.05) is 6.61 Å². The molecule has 0 aromatic rings. The molecule has 2 heteroatoms. The van der Waals surface area contributed by atoms with Gasteiger partial charge in [0.15, 0.2) is 0 Å². The summed E-state index contributed by atoms with van der Waals surface area (Å²) in [7, 11) is 0. The molecule has 3 atom stereocenters. The van der Waals surface area contributed by atoms with Gasteiger partial charge in [-0.15, -0.1) is 0 Å². The van der Waals surface area contributed by atoms with E-state index >= 15 is 0 Å². The van der Waals surface area contributed by atoms with Crippen molar-refractivity contribution in [2.45, 2.75) is 59.9 Å². The number of rotatable bonds is 3. The maximum Gasteiger partial charge on any atom is 0.0867 e. The highest BCUT2D eigenvalue weighted by Crippen LogP contribution is 2.34. The van der Waals surface area contributed by atoms with Crippen LogP contribution in [-0.4, -0.2) is 24.9 Å². The van der Waals surface area contributed by atoms with E-state index in [0.29, 0.717) is 30.1 Å². The summed E-state index contributed by atoms with van der Waals surface area (Å²) in [5.74, 6) is 2.15. The third kappa shape index (κ3) is 4.52. The summed E-state index contributed by atoms with van der Waals surface area (Å²) in [4.78, 5) is 0. The first-order valence-corrected chi connectivity index (χ1v) is 6.20. The molecule has 15 heavy (non-hydrogen) atoms. The van der Waals surface area contributed by atoms with Gasteiger partial charge in [-0.1, -0.05) is 41.5 Å². The zero-order valence-electron chi connectivity index (χ0n) is 11.0. The molecule has 0 radical (unpaired) electrons. The van der Waals surface area contributed by atoms with Crippen LogP contribution in [0.15, 0.2) is 0 Å². The second-order valence-electron chi connectivity index (χ2n) is 5.67. The average molecular weight is 214 g/mol. The maximum absolute atomic E-state index is 5.44. The van der Waals surface area contributed by atoms with E-state index in [1.165, 1.54) is 0 Å². The lowest BCUT2D eigenvalue weighted by atomic mass is 10.0. The Balaban J connectivity index is 0.000000162. The molecule has 0 aliphatic carbocycles. The second kappa shape index (κ2) is 5.31. The first-order chi connectivity index (χ1) is 6.93. The number of hydrogen-bond acceptors (Lipinski definition) is 2. The van der Waals surface area contributed by atoms with Gasteiger partial charge in [0, 0.05) is 0 Å². The molecule has 0 spiro atoms.